The number of ether oxygens (including phenoxy) is 2. The van der Waals surface area contributed by atoms with Gasteiger partial charge in [-0.1, -0.05) is 35.9 Å². The Morgan fingerprint density at radius 1 is 1.13 bits per heavy atom. The second-order valence-corrected chi connectivity index (χ2v) is 6.91. The standard InChI is InChI=1S/C24H17ClFNO4/c1-30-22-12-16(10-19(13-27)17-4-6-18(7-5-17)24(28)29)11-21(25)23(22)31-14-15-2-8-20(26)9-3-15/h2-12H,14H2,1H3,(H,28,29)/b19-10-. The molecule has 0 saturated carbocycles. The van der Waals surface area contributed by atoms with Crippen LogP contribution >= 0.6 is 11.6 Å². The first-order chi connectivity index (χ1) is 14.9. The molecule has 0 fully saturated rings. The van der Waals surface area contributed by atoms with Crippen LogP contribution in [0.2, 0.25) is 5.02 Å². The lowest BCUT2D eigenvalue weighted by atomic mass is 10.0. The topological polar surface area (TPSA) is 79.5 Å². The van der Waals surface area contributed by atoms with E-state index in [1.807, 2.05) is 0 Å². The Bertz CT molecular complexity index is 1170. The van der Waals surface area contributed by atoms with E-state index >= 15 is 0 Å². The highest BCUT2D eigenvalue weighted by Gasteiger charge is 2.13. The number of rotatable bonds is 7. The molecule has 5 nitrogen and oxygen atoms in total. The predicted molar refractivity (Wildman–Crippen MR) is 116 cm³/mol. The first kappa shape index (κ1) is 21.9. The van der Waals surface area contributed by atoms with Crippen LogP contribution in [0.1, 0.15) is 27.0 Å². The molecule has 0 aromatic heterocycles. The molecular formula is C24H17ClFNO4. The van der Waals surface area contributed by atoms with Crippen LogP contribution < -0.4 is 9.47 Å². The average molecular weight is 438 g/mol. The van der Waals surface area contributed by atoms with Crippen LogP contribution in [0.25, 0.3) is 11.6 Å². The minimum absolute atomic E-state index is 0.133. The van der Waals surface area contributed by atoms with Gasteiger partial charge >= 0.3 is 5.97 Å². The number of carboxylic acids is 1. The van der Waals surface area contributed by atoms with E-state index in [0.29, 0.717) is 28.2 Å². The number of carboxylic acid groups (broad SMARTS) is 1. The van der Waals surface area contributed by atoms with Gasteiger partial charge in [0.2, 0.25) is 0 Å². The summed E-state index contributed by atoms with van der Waals surface area (Å²) in [7, 11) is 1.47. The number of hydrogen-bond acceptors (Lipinski definition) is 4. The fourth-order valence-corrected chi connectivity index (χ4v) is 3.11. The summed E-state index contributed by atoms with van der Waals surface area (Å²) < 4.78 is 24.2. The van der Waals surface area contributed by atoms with Gasteiger partial charge in [-0.2, -0.15) is 5.26 Å². The Balaban J connectivity index is 1.87. The van der Waals surface area contributed by atoms with Gasteiger partial charge in [0.05, 0.1) is 29.3 Å². The molecule has 0 aliphatic rings. The molecule has 0 saturated heterocycles. The maximum atomic E-state index is 13.1. The summed E-state index contributed by atoms with van der Waals surface area (Å²) in [5.41, 5.74) is 2.40. The number of carbonyl (C=O) groups is 1. The number of hydrogen-bond donors (Lipinski definition) is 1. The molecule has 0 heterocycles. The molecule has 3 aromatic carbocycles. The van der Waals surface area contributed by atoms with Crippen molar-refractivity contribution in [2.24, 2.45) is 0 Å². The monoisotopic (exact) mass is 437 g/mol. The van der Waals surface area contributed by atoms with Crippen LogP contribution in [-0.2, 0) is 6.61 Å². The molecule has 0 spiro atoms. The second-order valence-electron chi connectivity index (χ2n) is 6.50. The second kappa shape index (κ2) is 9.79. The minimum atomic E-state index is -1.04. The zero-order valence-electron chi connectivity index (χ0n) is 16.4. The quantitative estimate of drug-likeness (QED) is 0.371. The fraction of sp³-hybridized carbons (Fsp3) is 0.0833. The van der Waals surface area contributed by atoms with Crippen LogP contribution in [0, 0.1) is 17.1 Å². The number of allylic oxidation sites excluding steroid dienone is 1. The van der Waals surface area contributed by atoms with Gasteiger partial charge in [-0.3, -0.25) is 0 Å². The van der Waals surface area contributed by atoms with Crippen molar-refractivity contribution in [3.63, 3.8) is 0 Å². The number of benzene rings is 3. The number of aromatic carboxylic acids is 1. The molecule has 3 rings (SSSR count). The SMILES string of the molecule is COc1cc(/C=C(/C#N)c2ccc(C(=O)O)cc2)cc(Cl)c1OCc1ccc(F)cc1. The summed E-state index contributed by atoms with van der Waals surface area (Å²) in [6, 6.07) is 17.3. The van der Waals surface area contributed by atoms with Crippen molar-refractivity contribution in [2.75, 3.05) is 7.11 Å². The predicted octanol–water partition coefficient (Wildman–Crippen LogP) is 5.83. The lowest BCUT2D eigenvalue weighted by molar-refractivity contribution is 0.0697. The van der Waals surface area contributed by atoms with Gasteiger partial charge in [0.15, 0.2) is 11.5 Å². The summed E-state index contributed by atoms with van der Waals surface area (Å²) >= 11 is 6.39. The Kier molecular flexibility index (Phi) is 6.91. The van der Waals surface area contributed by atoms with Gasteiger partial charge < -0.3 is 14.6 Å². The smallest absolute Gasteiger partial charge is 0.335 e. The van der Waals surface area contributed by atoms with Crippen molar-refractivity contribution in [1.82, 2.24) is 0 Å². The number of nitrogens with zero attached hydrogens (tertiary/aromatic N) is 1. The molecular weight excluding hydrogens is 421 g/mol. The van der Waals surface area contributed by atoms with E-state index in [-0.39, 0.29) is 23.0 Å². The number of halogens is 2. The molecule has 3 aromatic rings. The molecule has 0 amide bonds. The van der Waals surface area contributed by atoms with Crippen LogP contribution in [0.15, 0.2) is 60.7 Å². The van der Waals surface area contributed by atoms with E-state index in [1.54, 1.807) is 42.5 Å². The van der Waals surface area contributed by atoms with Crippen LogP contribution in [0.3, 0.4) is 0 Å². The van der Waals surface area contributed by atoms with E-state index in [1.165, 1.54) is 31.4 Å². The molecule has 156 valence electrons. The van der Waals surface area contributed by atoms with Crippen LogP contribution in [-0.4, -0.2) is 18.2 Å². The zero-order chi connectivity index (χ0) is 22.4. The third kappa shape index (κ3) is 5.41. The molecule has 31 heavy (non-hydrogen) atoms. The highest BCUT2D eigenvalue weighted by atomic mass is 35.5. The Morgan fingerprint density at radius 3 is 2.35 bits per heavy atom. The lowest BCUT2D eigenvalue weighted by Crippen LogP contribution is -1.99. The van der Waals surface area contributed by atoms with Gasteiger partial charge in [0.25, 0.3) is 0 Å². The summed E-state index contributed by atoms with van der Waals surface area (Å²) in [6.45, 7) is 0.172. The number of nitriles is 1. The molecule has 1 N–H and O–H groups in total. The molecule has 0 unspecified atom stereocenters. The Labute approximate surface area is 183 Å². The first-order valence-corrected chi connectivity index (χ1v) is 9.49. The van der Waals surface area contributed by atoms with Crippen molar-refractivity contribution in [3.05, 3.63) is 93.8 Å². The van der Waals surface area contributed by atoms with E-state index in [2.05, 4.69) is 6.07 Å². The maximum Gasteiger partial charge on any atom is 0.335 e. The van der Waals surface area contributed by atoms with Gasteiger partial charge in [-0.05, 0) is 59.2 Å². The van der Waals surface area contributed by atoms with E-state index < -0.39 is 5.97 Å². The zero-order valence-corrected chi connectivity index (χ0v) is 17.2. The van der Waals surface area contributed by atoms with E-state index in [9.17, 15) is 14.4 Å². The minimum Gasteiger partial charge on any atom is -0.493 e. The highest BCUT2D eigenvalue weighted by Crippen LogP contribution is 2.38. The first-order valence-electron chi connectivity index (χ1n) is 9.11. The molecule has 0 radical (unpaired) electrons. The van der Waals surface area contributed by atoms with E-state index in [4.69, 9.17) is 26.2 Å². The summed E-state index contributed by atoms with van der Waals surface area (Å²) in [5.74, 6) is -0.669. The van der Waals surface area contributed by atoms with Crippen LogP contribution in [0.4, 0.5) is 4.39 Å². The summed E-state index contributed by atoms with van der Waals surface area (Å²) in [5, 5.41) is 18.8. The van der Waals surface area contributed by atoms with Gasteiger partial charge in [-0.15, -0.1) is 0 Å². The molecule has 0 aliphatic heterocycles. The fourth-order valence-electron chi connectivity index (χ4n) is 2.84. The van der Waals surface area contributed by atoms with Gasteiger partial charge in [-0.25, -0.2) is 9.18 Å². The van der Waals surface area contributed by atoms with Crippen molar-refractivity contribution in [1.29, 1.82) is 5.26 Å². The normalized spacial score (nSPS) is 11.0. The van der Waals surface area contributed by atoms with Gasteiger partial charge in [0, 0.05) is 0 Å². The third-order valence-corrected chi connectivity index (χ3v) is 4.70. The highest BCUT2D eigenvalue weighted by molar-refractivity contribution is 6.32. The third-order valence-electron chi connectivity index (χ3n) is 4.42. The summed E-state index contributed by atoms with van der Waals surface area (Å²) in [6.07, 6.45) is 1.62. The Hall–Kier alpha value is -3.82. The lowest BCUT2D eigenvalue weighted by Gasteiger charge is -2.14. The van der Waals surface area contributed by atoms with Crippen LogP contribution in [0.5, 0.6) is 11.5 Å². The molecule has 0 atom stereocenters. The largest absolute Gasteiger partial charge is 0.493 e. The number of methoxy groups -OCH3 is 1. The van der Waals surface area contributed by atoms with E-state index in [0.717, 1.165) is 5.56 Å². The molecule has 0 bridgehead atoms. The Morgan fingerprint density at radius 2 is 1.77 bits per heavy atom. The van der Waals surface area contributed by atoms with Crippen molar-refractivity contribution in [3.8, 4) is 17.6 Å². The van der Waals surface area contributed by atoms with Crippen molar-refractivity contribution in [2.45, 2.75) is 6.61 Å². The molecule has 0 aliphatic carbocycles. The average Bonchev–Trinajstić information content (AvgIpc) is 2.77. The van der Waals surface area contributed by atoms with Gasteiger partial charge in [0.1, 0.15) is 12.4 Å². The molecule has 7 heteroatoms. The summed E-state index contributed by atoms with van der Waals surface area (Å²) in [4.78, 5) is 11.0. The van der Waals surface area contributed by atoms with Crippen molar-refractivity contribution < 1.29 is 23.8 Å². The van der Waals surface area contributed by atoms with Crippen molar-refractivity contribution >= 4 is 29.2 Å². The maximum absolute atomic E-state index is 13.1.